The van der Waals surface area contributed by atoms with Gasteiger partial charge in [-0.15, -0.1) is 12.4 Å². The van der Waals surface area contributed by atoms with Crippen molar-refractivity contribution in [3.05, 3.63) is 33.8 Å². The van der Waals surface area contributed by atoms with Gasteiger partial charge in [-0.3, -0.25) is 9.69 Å². The van der Waals surface area contributed by atoms with Crippen LogP contribution >= 0.6 is 35.6 Å². The smallest absolute Gasteiger partial charge is 0.214 e. The van der Waals surface area contributed by atoms with E-state index in [1.807, 2.05) is 6.92 Å². The normalized spacial score (nSPS) is 20.2. The summed E-state index contributed by atoms with van der Waals surface area (Å²) in [5, 5.41) is 0.927. The number of halogens is 3. The van der Waals surface area contributed by atoms with Crippen molar-refractivity contribution in [2.24, 2.45) is 0 Å². The number of hydrogen-bond acceptors (Lipinski definition) is 4. The van der Waals surface area contributed by atoms with Crippen LogP contribution in [0.25, 0.3) is 0 Å². The van der Waals surface area contributed by atoms with Crippen molar-refractivity contribution in [1.29, 1.82) is 0 Å². The van der Waals surface area contributed by atoms with Crippen molar-refractivity contribution >= 4 is 51.4 Å². The Labute approximate surface area is 202 Å². The highest BCUT2D eigenvalue weighted by Crippen LogP contribution is 2.39. The van der Waals surface area contributed by atoms with Gasteiger partial charge in [-0.05, 0) is 43.9 Å². The zero-order chi connectivity index (χ0) is 21.8. The number of Topliss-reactive ketones (excluding diaryl/α,β-unsaturated/α-hetero) is 1. The lowest BCUT2D eigenvalue weighted by molar-refractivity contribution is 0.0165. The number of nitrogens with zero attached hydrogens (tertiary/aromatic N) is 2. The van der Waals surface area contributed by atoms with Crippen LogP contribution in [0.4, 0.5) is 0 Å². The van der Waals surface area contributed by atoms with Crippen molar-refractivity contribution in [2.75, 3.05) is 31.9 Å². The second-order valence-corrected chi connectivity index (χ2v) is 11.5. The molecule has 2 fully saturated rings. The Bertz CT molecular complexity index is 850. The highest BCUT2D eigenvalue weighted by atomic mass is 35.5. The van der Waals surface area contributed by atoms with E-state index < -0.39 is 10.0 Å². The van der Waals surface area contributed by atoms with Gasteiger partial charge in [0.25, 0.3) is 0 Å². The third-order valence-corrected chi connectivity index (χ3v) is 9.22. The molecule has 9 heteroatoms. The van der Waals surface area contributed by atoms with Crippen molar-refractivity contribution in [3.8, 4) is 0 Å². The number of hydrogen-bond donors (Lipinski definition) is 0. The minimum atomic E-state index is -3.15. The average molecular weight is 512 g/mol. The number of piperazine rings is 1. The van der Waals surface area contributed by atoms with Gasteiger partial charge < -0.3 is 0 Å². The summed E-state index contributed by atoms with van der Waals surface area (Å²) in [5.74, 6) is 0.264. The predicted molar refractivity (Wildman–Crippen MR) is 130 cm³/mol. The van der Waals surface area contributed by atoms with Crippen molar-refractivity contribution in [3.63, 3.8) is 0 Å². The lowest BCUT2D eigenvalue weighted by Gasteiger charge is -2.50. The van der Waals surface area contributed by atoms with E-state index in [1.54, 1.807) is 22.5 Å². The third kappa shape index (κ3) is 6.58. The lowest BCUT2D eigenvalue weighted by Crippen LogP contribution is -2.58. The Balaban J connectivity index is 0.00000341. The summed E-state index contributed by atoms with van der Waals surface area (Å²) in [5.41, 5.74) is 0.510. The predicted octanol–water partition coefficient (Wildman–Crippen LogP) is 5.44. The van der Waals surface area contributed by atoms with E-state index in [1.165, 1.54) is 6.42 Å². The van der Waals surface area contributed by atoms with Crippen LogP contribution in [-0.2, 0) is 10.0 Å². The molecule has 3 rings (SSSR count). The van der Waals surface area contributed by atoms with Crippen LogP contribution in [-0.4, -0.2) is 60.9 Å². The summed E-state index contributed by atoms with van der Waals surface area (Å²) >= 11 is 12.2. The Morgan fingerprint density at radius 1 is 1.06 bits per heavy atom. The van der Waals surface area contributed by atoms with Gasteiger partial charge >= 0.3 is 0 Å². The van der Waals surface area contributed by atoms with Gasteiger partial charge in [0.2, 0.25) is 10.0 Å². The fraction of sp³-hybridized carbons (Fsp3) is 0.682. The first-order valence-corrected chi connectivity index (χ1v) is 13.3. The SMILES string of the molecule is CCCS(=O)(=O)N1CCN(C2(CCC(=O)c3ccc(Cl)cc3Cl)CCCCC2)CC1.Cl. The molecule has 1 saturated heterocycles. The number of benzene rings is 1. The molecule has 0 N–H and O–H groups in total. The lowest BCUT2D eigenvalue weighted by atomic mass is 9.76. The molecule has 2 aliphatic rings. The van der Waals surface area contributed by atoms with Crippen LogP contribution < -0.4 is 0 Å². The summed E-state index contributed by atoms with van der Waals surface area (Å²) in [7, 11) is -3.15. The monoisotopic (exact) mass is 510 g/mol. The van der Waals surface area contributed by atoms with Gasteiger partial charge in [-0.2, -0.15) is 4.31 Å². The van der Waals surface area contributed by atoms with Crippen LogP contribution in [0.2, 0.25) is 10.0 Å². The molecule has 0 unspecified atom stereocenters. The Morgan fingerprint density at radius 2 is 1.71 bits per heavy atom. The molecule has 1 aliphatic heterocycles. The molecule has 5 nitrogen and oxygen atoms in total. The maximum absolute atomic E-state index is 12.9. The standard InChI is InChI=1S/C22H32Cl2N2O3S.ClH/c1-2-16-30(28,29)26-14-12-25(13-15-26)22(9-4-3-5-10-22)11-8-21(27)19-7-6-18(23)17-20(19)24;/h6-7,17H,2-5,8-16H2,1H3;1H. The van der Waals surface area contributed by atoms with E-state index in [2.05, 4.69) is 4.90 Å². The number of ketones is 1. The second kappa shape index (κ2) is 11.7. The number of carbonyl (C=O) groups excluding carboxylic acids is 1. The topological polar surface area (TPSA) is 57.7 Å². The maximum Gasteiger partial charge on any atom is 0.214 e. The van der Waals surface area contributed by atoms with Crippen LogP contribution in [0.1, 0.15) is 68.6 Å². The number of carbonyl (C=O) groups is 1. The summed E-state index contributed by atoms with van der Waals surface area (Å²) < 4.78 is 26.5. The number of rotatable bonds is 8. The van der Waals surface area contributed by atoms with Crippen LogP contribution in [0.3, 0.4) is 0 Å². The molecule has 0 radical (unpaired) electrons. The Kier molecular flexibility index (Phi) is 10.1. The summed E-state index contributed by atoms with van der Waals surface area (Å²) in [6.07, 6.45) is 7.54. The van der Waals surface area contributed by atoms with Crippen LogP contribution in [0.15, 0.2) is 18.2 Å². The molecule has 0 atom stereocenters. The van der Waals surface area contributed by atoms with E-state index in [-0.39, 0.29) is 29.5 Å². The van der Waals surface area contributed by atoms with Crippen LogP contribution in [0, 0.1) is 0 Å². The molecule has 1 heterocycles. The fourth-order valence-electron chi connectivity index (χ4n) is 4.96. The minimum absolute atomic E-state index is 0. The fourth-order valence-corrected chi connectivity index (χ4v) is 6.97. The minimum Gasteiger partial charge on any atom is -0.295 e. The van der Waals surface area contributed by atoms with Crippen molar-refractivity contribution in [2.45, 2.75) is 63.8 Å². The molecular formula is C22H33Cl3N2O3S. The molecule has 1 aromatic rings. The largest absolute Gasteiger partial charge is 0.295 e. The molecule has 1 aromatic carbocycles. The van der Waals surface area contributed by atoms with Crippen molar-refractivity contribution < 1.29 is 13.2 Å². The van der Waals surface area contributed by atoms with Gasteiger partial charge in [0.1, 0.15) is 0 Å². The molecule has 0 spiro atoms. The molecule has 0 aromatic heterocycles. The molecule has 31 heavy (non-hydrogen) atoms. The van der Waals surface area contributed by atoms with Gasteiger partial charge in [0, 0.05) is 48.7 Å². The zero-order valence-electron chi connectivity index (χ0n) is 18.1. The van der Waals surface area contributed by atoms with Gasteiger partial charge in [0.15, 0.2) is 5.78 Å². The van der Waals surface area contributed by atoms with E-state index >= 15 is 0 Å². The summed E-state index contributed by atoms with van der Waals surface area (Å²) in [4.78, 5) is 15.3. The van der Waals surface area contributed by atoms with Crippen LogP contribution in [0.5, 0.6) is 0 Å². The molecule has 1 aliphatic carbocycles. The van der Waals surface area contributed by atoms with E-state index in [4.69, 9.17) is 23.2 Å². The average Bonchev–Trinajstić information content (AvgIpc) is 2.73. The molecular weight excluding hydrogens is 479 g/mol. The molecule has 0 amide bonds. The Hall–Kier alpha value is -0.370. The second-order valence-electron chi connectivity index (χ2n) is 8.53. The summed E-state index contributed by atoms with van der Waals surface area (Å²) in [6, 6.07) is 5.02. The highest BCUT2D eigenvalue weighted by molar-refractivity contribution is 7.89. The first kappa shape index (κ1) is 26.9. The van der Waals surface area contributed by atoms with Gasteiger partial charge in [-0.1, -0.05) is 49.4 Å². The first-order valence-electron chi connectivity index (χ1n) is 11.0. The van der Waals surface area contributed by atoms with Gasteiger partial charge in [0.05, 0.1) is 10.8 Å². The zero-order valence-corrected chi connectivity index (χ0v) is 21.3. The van der Waals surface area contributed by atoms with Crippen molar-refractivity contribution in [1.82, 2.24) is 9.21 Å². The number of sulfonamides is 1. The maximum atomic E-state index is 12.9. The Morgan fingerprint density at radius 3 is 2.29 bits per heavy atom. The van der Waals surface area contributed by atoms with Gasteiger partial charge in [-0.25, -0.2) is 8.42 Å². The molecule has 1 saturated carbocycles. The third-order valence-electron chi connectivity index (χ3n) is 6.60. The highest BCUT2D eigenvalue weighted by Gasteiger charge is 2.40. The summed E-state index contributed by atoms with van der Waals surface area (Å²) in [6.45, 7) is 4.45. The first-order chi connectivity index (χ1) is 14.3. The van der Waals surface area contributed by atoms with E-state index in [0.29, 0.717) is 41.5 Å². The van der Waals surface area contributed by atoms with E-state index in [9.17, 15) is 13.2 Å². The van der Waals surface area contributed by atoms with E-state index in [0.717, 1.165) is 45.2 Å². The molecule has 0 bridgehead atoms. The molecule has 176 valence electrons. The quantitative estimate of drug-likeness (QED) is 0.436.